The zero-order valence-corrected chi connectivity index (χ0v) is 24.2. The van der Waals surface area contributed by atoms with E-state index in [1.165, 1.54) is 5.69 Å². The summed E-state index contributed by atoms with van der Waals surface area (Å²) in [5.74, 6) is 1.06. The van der Waals surface area contributed by atoms with Gasteiger partial charge in [0.1, 0.15) is 5.60 Å². The van der Waals surface area contributed by atoms with E-state index in [4.69, 9.17) is 24.0 Å². The molecular weight excluding hydrogens is 486 g/mol. The van der Waals surface area contributed by atoms with Crippen LogP contribution in [-0.2, 0) is 18.9 Å². The number of carbonyl (C=O) groups is 1. The molecule has 1 spiro atoms. The topological polar surface area (TPSA) is 81.5 Å². The highest BCUT2D eigenvalue weighted by atomic mass is 16.6. The maximum Gasteiger partial charge on any atom is 0.410 e. The van der Waals surface area contributed by atoms with Gasteiger partial charge in [-0.25, -0.2) is 4.79 Å². The van der Waals surface area contributed by atoms with Gasteiger partial charge in [-0.05, 0) is 53.9 Å². The average Bonchev–Trinajstić information content (AvgIpc) is 3.16. The van der Waals surface area contributed by atoms with Crippen LogP contribution in [0.1, 0.15) is 58.7 Å². The van der Waals surface area contributed by atoms with Crippen molar-refractivity contribution in [3.63, 3.8) is 0 Å². The maximum atomic E-state index is 12.4. The number of hydrogen-bond donors (Lipinski definition) is 0. The Morgan fingerprint density at radius 2 is 1.95 bits per heavy atom. The zero-order valence-electron chi connectivity index (χ0n) is 24.2. The van der Waals surface area contributed by atoms with Crippen LogP contribution in [0.15, 0.2) is 6.07 Å². The molecule has 1 amide bonds. The van der Waals surface area contributed by atoms with E-state index in [1.807, 2.05) is 25.7 Å². The molecule has 38 heavy (non-hydrogen) atoms. The van der Waals surface area contributed by atoms with Gasteiger partial charge in [-0.3, -0.25) is 9.58 Å². The summed E-state index contributed by atoms with van der Waals surface area (Å²) in [5, 5.41) is 5.16. The van der Waals surface area contributed by atoms with Gasteiger partial charge in [0.15, 0.2) is 5.82 Å². The first kappa shape index (κ1) is 27.7. The third kappa shape index (κ3) is 5.83. The minimum atomic E-state index is -0.453. The number of ether oxygens (including phenoxy) is 4. The van der Waals surface area contributed by atoms with E-state index >= 15 is 0 Å². The lowest BCUT2D eigenvalue weighted by Crippen LogP contribution is -2.64. The predicted octanol–water partition coefficient (Wildman–Crippen LogP) is 3.10. The number of aryl methyl sites for hydroxylation is 1. The molecule has 4 fully saturated rings. The van der Waals surface area contributed by atoms with E-state index in [9.17, 15) is 4.79 Å². The van der Waals surface area contributed by atoms with Crippen LogP contribution in [0.3, 0.4) is 0 Å². The van der Waals surface area contributed by atoms with E-state index in [0.717, 1.165) is 64.3 Å². The van der Waals surface area contributed by atoms with Crippen molar-refractivity contribution in [2.75, 3.05) is 77.7 Å². The average molecular weight is 534 g/mol. The van der Waals surface area contributed by atoms with Crippen molar-refractivity contribution < 1.29 is 23.7 Å². The largest absolute Gasteiger partial charge is 0.444 e. The Labute approximate surface area is 227 Å². The SMILES string of the molecule is COCC[C@@]1(C)CN(C[C@@H]2COCCO2)CCN1c1cc(C)n(C2CC3(C2)CN(C(=O)OC(C)(C)C)C3)n1. The number of anilines is 1. The smallest absolute Gasteiger partial charge is 0.410 e. The highest BCUT2D eigenvalue weighted by Crippen LogP contribution is 2.54. The monoisotopic (exact) mass is 533 g/mol. The molecule has 0 radical (unpaired) electrons. The second kappa shape index (κ2) is 10.6. The van der Waals surface area contributed by atoms with Crippen molar-refractivity contribution in [3.05, 3.63) is 11.8 Å². The molecule has 4 aliphatic rings. The van der Waals surface area contributed by atoms with E-state index in [2.05, 4.69) is 34.4 Å². The van der Waals surface area contributed by atoms with Crippen LogP contribution in [0.25, 0.3) is 0 Å². The number of carbonyl (C=O) groups excluding carboxylic acids is 1. The second-order valence-corrected chi connectivity index (χ2v) is 13.2. The number of likely N-dealkylation sites (tertiary alicyclic amines) is 1. The highest BCUT2D eigenvalue weighted by molar-refractivity contribution is 5.69. The van der Waals surface area contributed by atoms with Gasteiger partial charge in [0.25, 0.3) is 0 Å². The van der Waals surface area contributed by atoms with Crippen LogP contribution >= 0.6 is 0 Å². The number of aromatic nitrogens is 2. The van der Waals surface area contributed by atoms with Gasteiger partial charge in [0, 0.05) is 70.2 Å². The molecule has 214 valence electrons. The van der Waals surface area contributed by atoms with Crippen molar-refractivity contribution in [1.29, 1.82) is 0 Å². The summed E-state index contributed by atoms with van der Waals surface area (Å²) >= 11 is 0. The lowest BCUT2D eigenvalue weighted by Gasteiger charge is -2.58. The number of amides is 1. The summed E-state index contributed by atoms with van der Waals surface area (Å²) in [7, 11) is 1.77. The minimum absolute atomic E-state index is 0.0852. The Morgan fingerprint density at radius 1 is 1.18 bits per heavy atom. The predicted molar refractivity (Wildman–Crippen MR) is 145 cm³/mol. The molecule has 3 aliphatic heterocycles. The summed E-state index contributed by atoms with van der Waals surface area (Å²) in [6, 6.07) is 2.64. The zero-order chi connectivity index (χ0) is 27.1. The Hall–Kier alpha value is -1.88. The molecule has 10 heteroatoms. The standard InChI is InChI=1S/C28H47N5O5/c1-21-13-24(29-33(21)22-14-28(15-22)19-31(20-28)25(34)38-26(2,3)4)32-9-8-30(16-23-17-36-11-12-37-23)18-27(32,5)7-10-35-6/h13,22-23H,7-12,14-20H2,1-6H3/t23-,27+/m1/s1. The molecule has 2 atom stereocenters. The van der Waals surface area contributed by atoms with Gasteiger partial charge < -0.3 is 28.7 Å². The molecule has 1 aliphatic carbocycles. The normalized spacial score (nSPS) is 28.3. The minimum Gasteiger partial charge on any atom is -0.444 e. The van der Waals surface area contributed by atoms with E-state index in [-0.39, 0.29) is 23.2 Å². The van der Waals surface area contributed by atoms with Gasteiger partial charge >= 0.3 is 6.09 Å². The van der Waals surface area contributed by atoms with Crippen molar-refractivity contribution in [2.45, 2.75) is 77.2 Å². The van der Waals surface area contributed by atoms with Crippen molar-refractivity contribution in [3.8, 4) is 0 Å². The van der Waals surface area contributed by atoms with Crippen LogP contribution in [0, 0.1) is 12.3 Å². The Balaban J connectivity index is 1.20. The molecule has 0 aromatic carbocycles. The van der Waals surface area contributed by atoms with Crippen molar-refractivity contribution in [1.82, 2.24) is 19.6 Å². The highest BCUT2D eigenvalue weighted by Gasteiger charge is 2.55. The fourth-order valence-electron chi connectivity index (χ4n) is 6.73. The molecular formula is C28H47N5O5. The number of hydrogen-bond acceptors (Lipinski definition) is 8. The molecule has 4 heterocycles. The number of rotatable bonds is 7. The molecule has 1 aromatic heterocycles. The van der Waals surface area contributed by atoms with Crippen LogP contribution in [0.2, 0.25) is 0 Å². The summed E-state index contributed by atoms with van der Waals surface area (Å²) < 4.78 is 24.8. The van der Waals surface area contributed by atoms with Crippen LogP contribution in [0.4, 0.5) is 10.6 Å². The molecule has 1 aromatic rings. The summed E-state index contributed by atoms with van der Waals surface area (Å²) in [5.41, 5.74) is 0.889. The summed E-state index contributed by atoms with van der Waals surface area (Å²) in [6.07, 6.45) is 3.01. The van der Waals surface area contributed by atoms with Gasteiger partial charge in [-0.15, -0.1) is 0 Å². The van der Waals surface area contributed by atoms with Gasteiger partial charge in [0.2, 0.25) is 0 Å². The van der Waals surface area contributed by atoms with Gasteiger partial charge in [0.05, 0.1) is 37.5 Å². The fraction of sp³-hybridized carbons (Fsp3) is 0.857. The molecule has 3 saturated heterocycles. The molecule has 0 N–H and O–H groups in total. The summed E-state index contributed by atoms with van der Waals surface area (Å²) in [4.78, 5) is 19.2. The number of methoxy groups -OCH3 is 1. The van der Waals surface area contributed by atoms with Crippen LogP contribution < -0.4 is 4.90 Å². The van der Waals surface area contributed by atoms with E-state index in [1.54, 1.807) is 7.11 Å². The molecule has 5 rings (SSSR count). The molecule has 0 unspecified atom stereocenters. The first-order valence-corrected chi connectivity index (χ1v) is 14.2. The molecule has 10 nitrogen and oxygen atoms in total. The van der Waals surface area contributed by atoms with Crippen molar-refractivity contribution >= 4 is 11.9 Å². The second-order valence-electron chi connectivity index (χ2n) is 13.2. The lowest BCUT2D eigenvalue weighted by atomic mass is 9.61. The third-order valence-corrected chi connectivity index (χ3v) is 8.62. The summed E-state index contributed by atoms with van der Waals surface area (Å²) in [6.45, 7) is 18.3. The number of piperazine rings is 1. The van der Waals surface area contributed by atoms with Gasteiger partial charge in [-0.2, -0.15) is 5.10 Å². The maximum absolute atomic E-state index is 12.4. The van der Waals surface area contributed by atoms with E-state index < -0.39 is 5.60 Å². The third-order valence-electron chi connectivity index (χ3n) is 8.62. The van der Waals surface area contributed by atoms with Crippen molar-refractivity contribution in [2.24, 2.45) is 5.41 Å². The first-order chi connectivity index (χ1) is 18.0. The Morgan fingerprint density at radius 3 is 2.61 bits per heavy atom. The quantitative estimate of drug-likeness (QED) is 0.529. The van der Waals surface area contributed by atoms with Crippen LogP contribution in [-0.4, -0.2) is 116 Å². The Bertz CT molecular complexity index is 973. The van der Waals surface area contributed by atoms with Gasteiger partial charge in [-0.1, -0.05) is 0 Å². The fourth-order valence-corrected chi connectivity index (χ4v) is 6.73. The Kier molecular flexibility index (Phi) is 7.72. The first-order valence-electron chi connectivity index (χ1n) is 14.2. The lowest BCUT2D eigenvalue weighted by molar-refractivity contribution is -0.0998. The number of nitrogens with zero attached hydrogens (tertiary/aromatic N) is 5. The van der Waals surface area contributed by atoms with Crippen LogP contribution in [0.5, 0.6) is 0 Å². The molecule has 0 bridgehead atoms. The van der Waals surface area contributed by atoms with E-state index in [0.29, 0.717) is 32.5 Å². The molecule has 1 saturated carbocycles.